The van der Waals surface area contributed by atoms with Gasteiger partial charge in [0.05, 0.1) is 4.92 Å². The Morgan fingerprint density at radius 1 is 1.28 bits per heavy atom. The van der Waals surface area contributed by atoms with Crippen molar-refractivity contribution in [2.75, 3.05) is 11.9 Å². The molecule has 0 saturated carbocycles. The number of nitrogens with one attached hydrogen (secondary N) is 2. The number of anilines is 1. The van der Waals surface area contributed by atoms with Crippen LogP contribution in [-0.2, 0) is 15.1 Å². The van der Waals surface area contributed by atoms with Gasteiger partial charge in [0.15, 0.2) is 0 Å². The Bertz CT molecular complexity index is 1040. The van der Waals surface area contributed by atoms with Crippen LogP contribution in [0, 0.1) is 22.9 Å². The zero-order valence-corrected chi connectivity index (χ0v) is 15.6. The number of halogens is 1. The highest BCUT2D eigenvalue weighted by Gasteiger charge is 2.50. The minimum atomic E-state index is -1.65. The predicted octanol–water partition coefficient (Wildman–Crippen LogP) is 2.45. The SMILES string of the molecule is Cc1ccc(NC(=O)CN2C(=O)NC(C)(c3ccccc3F)C2=O)cc1[N+](=O)[O-]. The molecule has 10 heteroatoms. The first-order valence-corrected chi connectivity index (χ1v) is 8.57. The highest BCUT2D eigenvalue weighted by atomic mass is 19.1. The molecule has 2 N–H and O–H groups in total. The van der Waals surface area contributed by atoms with Crippen molar-refractivity contribution in [2.24, 2.45) is 0 Å². The zero-order valence-electron chi connectivity index (χ0n) is 15.6. The van der Waals surface area contributed by atoms with E-state index < -0.39 is 40.7 Å². The molecule has 0 aliphatic carbocycles. The van der Waals surface area contributed by atoms with E-state index in [4.69, 9.17) is 0 Å². The standard InChI is InChI=1S/C19H17FN4O5/c1-11-7-8-12(9-15(11)24(28)29)21-16(25)10-23-17(26)19(2,22-18(23)27)13-5-3-4-6-14(13)20/h3-9H,10H2,1-2H3,(H,21,25)(H,22,27). The molecule has 150 valence electrons. The average molecular weight is 400 g/mol. The van der Waals surface area contributed by atoms with Gasteiger partial charge in [0.25, 0.3) is 11.6 Å². The van der Waals surface area contributed by atoms with Crippen LogP contribution in [0.4, 0.5) is 20.6 Å². The molecule has 2 aromatic carbocycles. The van der Waals surface area contributed by atoms with Crippen LogP contribution in [0.1, 0.15) is 18.1 Å². The number of rotatable bonds is 5. The fourth-order valence-corrected chi connectivity index (χ4v) is 3.12. The van der Waals surface area contributed by atoms with E-state index in [2.05, 4.69) is 10.6 Å². The summed E-state index contributed by atoms with van der Waals surface area (Å²) in [6.07, 6.45) is 0. The van der Waals surface area contributed by atoms with Crippen molar-refractivity contribution in [3.63, 3.8) is 0 Å². The van der Waals surface area contributed by atoms with Crippen molar-refractivity contribution in [2.45, 2.75) is 19.4 Å². The Hall–Kier alpha value is -3.82. The van der Waals surface area contributed by atoms with Crippen molar-refractivity contribution in [3.05, 3.63) is 69.5 Å². The number of hydrogen-bond acceptors (Lipinski definition) is 5. The summed E-state index contributed by atoms with van der Waals surface area (Å²) in [6.45, 7) is 2.28. The Balaban J connectivity index is 1.77. The van der Waals surface area contributed by atoms with Gasteiger partial charge in [0, 0.05) is 22.9 Å². The Morgan fingerprint density at radius 3 is 2.62 bits per heavy atom. The summed E-state index contributed by atoms with van der Waals surface area (Å²) in [5, 5.41) is 15.9. The molecule has 0 radical (unpaired) electrons. The molecule has 1 aliphatic rings. The second-order valence-corrected chi connectivity index (χ2v) is 6.73. The molecule has 0 spiro atoms. The van der Waals surface area contributed by atoms with Crippen LogP contribution in [-0.4, -0.2) is 34.2 Å². The normalized spacial score (nSPS) is 18.5. The third-order valence-electron chi connectivity index (χ3n) is 4.68. The molecule has 2 aromatic rings. The molecular weight excluding hydrogens is 383 g/mol. The smallest absolute Gasteiger partial charge is 0.324 e. The van der Waals surface area contributed by atoms with Gasteiger partial charge >= 0.3 is 6.03 Å². The predicted molar refractivity (Wildman–Crippen MR) is 100 cm³/mol. The molecule has 4 amide bonds. The highest BCUT2D eigenvalue weighted by molar-refractivity contribution is 6.10. The lowest BCUT2D eigenvalue weighted by Crippen LogP contribution is -2.42. The fourth-order valence-electron chi connectivity index (χ4n) is 3.12. The summed E-state index contributed by atoms with van der Waals surface area (Å²) in [5.41, 5.74) is -1.27. The largest absolute Gasteiger partial charge is 0.325 e. The first kappa shape index (κ1) is 19.9. The maximum Gasteiger partial charge on any atom is 0.325 e. The summed E-state index contributed by atoms with van der Waals surface area (Å²) in [6, 6.07) is 8.81. The monoisotopic (exact) mass is 400 g/mol. The number of imide groups is 1. The summed E-state index contributed by atoms with van der Waals surface area (Å²) in [7, 11) is 0. The summed E-state index contributed by atoms with van der Waals surface area (Å²) in [5.74, 6) is -2.18. The molecule has 1 saturated heterocycles. The average Bonchev–Trinajstić information content (AvgIpc) is 2.87. The summed E-state index contributed by atoms with van der Waals surface area (Å²) < 4.78 is 14.1. The quantitative estimate of drug-likeness (QED) is 0.454. The van der Waals surface area contributed by atoms with Gasteiger partial charge in [-0.05, 0) is 26.0 Å². The number of carbonyl (C=O) groups is 3. The van der Waals surface area contributed by atoms with E-state index in [0.717, 1.165) is 0 Å². The molecule has 3 rings (SSSR count). The lowest BCUT2D eigenvalue weighted by atomic mass is 9.91. The lowest BCUT2D eigenvalue weighted by molar-refractivity contribution is -0.385. The molecule has 1 heterocycles. The molecule has 0 aromatic heterocycles. The molecule has 1 unspecified atom stereocenters. The second-order valence-electron chi connectivity index (χ2n) is 6.73. The van der Waals surface area contributed by atoms with E-state index >= 15 is 0 Å². The van der Waals surface area contributed by atoms with Gasteiger partial charge in [0.1, 0.15) is 17.9 Å². The topological polar surface area (TPSA) is 122 Å². The van der Waals surface area contributed by atoms with Crippen LogP contribution >= 0.6 is 0 Å². The molecule has 1 aliphatic heterocycles. The van der Waals surface area contributed by atoms with Crippen LogP contribution in [0.3, 0.4) is 0 Å². The maximum atomic E-state index is 14.1. The molecule has 29 heavy (non-hydrogen) atoms. The van der Waals surface area contributed by atoms with E-state index in [1.54, 1.807) is 6.92 Å². The number of hydrogen-bond donors (Lipinski definition) is 2. The van der Waals surface area contributed by atoms with E-state index in [9.17, 15) is 28.9 Å². The lowest BCUT2D eigenvalue weighted by Gasteiger charge is -2.22. The first-order valence-electron chi connectivity index (χ1n) is 8.57. The number of nitro groups is 1. The third kappa shape index (κ3) is 3.64. The van der Waals surface area contributed by atoms with E-state index in [0.29, 0.717) is 10.5 Å². The van der Waals surface area contributed by atoms with Gasteiger partial charge < -0.3 is 10.6 Å². The van der Waals surface area contributed by atoms with Crippen LogP contribution in [0.15, 0.2) is 42.5 Å². The summed E-state index contributed by atoms with van der Waals surface area (Å²) >= 11 is 0. The Morgan fingerprint density at radius 2 is 1.97 bits per heavy atom. The number of benzene rings is 2. The minimum absolute atomic E-state index is 0.0181. The molecule has 0 bridgehead atoms. The van der Waals surface area contributed by atoms with Crippen LogP contribution in [0.25, 0.3) is 0 Å². The van der Waals surface area contributed by atoms with E-state index in [1.165, 1.54) is 49.4 Å². The van der Waals surface area contributed by atoms with Crippen LogP contribution in [0.5, 0.6) is 0 Å². The Kier molecular flexibility index (Phi) is 5.02. The van der Waals surface area contributed by atoms with Gasteiger partial charge in [0.2, 0.25) is 5.91 Å². The number of nitro benzene ring substituents is 1. The van der Waals surface area contributed by atoms with Crippen molar-refractivity contribution in [1.29, 1.82) is 0 Å². The van der Waals surface area contributed by atoms with E-state index in [1.807, 2.05) is 0 Å². The van der Waals surface area contributed by atoms with Gasteiger partial charge in [-0.25, -0.2) is 9.18 Å². The summed E-state index contributed by atoms with van der Waals surface area (Å²) in [4.78, 5) is 48.5. The maximum absolute atomic E-state index is 14.1. The number of nitrogens with zero attached hydrogens (tertiary/aromatic N) is 2. The number of urea groups is 1. The van der Waals surface area contributed by atoms with Gasteiger partial charge in [-0.15, -0.1) is 0 Å². The van der Waals surface area contributed by atoms with Crippen molar-refractivity contribution < 1.29 is 23.7 Å². The molecule has 1 fully saturated rings. The second kappa shape index (κ2) is 7.30. The number of aryl methyl sites for hydroxylation is 1. The molecule has 9 nitrogen and oxygen atoms in total. The highest BCUT2D eigenvalue weighted by Crippen LogP contribution is 2.30. The fraction of sp³-hybridized carbons (Fsp3) is 0.211. The third-order valence-corrected chi connectivity index (χ3v) is 4.68. The van der Waals surface area contributed by atoms with Gasteiger partial charge in [-0.1, -0.05) is 24.3 Å². The molecule has 1 atom stereocenters. The minimum Gasteiger partial charge on any atom is -0.324 e. The number of amides is 4. The zero-order chi connectivity index (χ0) is 21.3. The van der Waals surface area contributed by atoms with Crippen LogP contribution in [0.2, 0.25) is 0 Å². The van der Waals surface area contributed by atoms with Gasteiger partial charge in [-0.2, -0.15) is 0 Å². The van der Waals surface area contributed by atoms with Crippen molar-refractivity contribution in [3.8, 4) is 0 Å². The first-order chi connectivity index (χ1) is 13.6. The van der Waals surface area contributed by atoms with Gasteiger partial charge in [-0.3, -0.25) is 24.6 Å². The van der Waals surface area contributed by atoms with Crippen LogP contribution < -0.4 is 10.6 Å². The Labute approximate surface area is 164 Å². The van der Waals surface area contributed by atoms with E-state index in [-0.39, 0.29) is 16.9 Å². The van der Waals surface area contributed by atoms with Crippen molar-refractivity contribution in [1.82, 2.24) is 10.2 Å². The molecular formula is C19H17FN4O5. The van der Waals surface area contributed by atoms with Crippen molar-refractivity contribution >= 4 is 29.2 Å². The number of carbonyl (C=O) groups excluding carboxylic acids is 3.